The SMILES string of the molecule is CC(=O)O/N=C(\C(N)=O)c1csc(N)n1. The minimum atomic E-state index is -0.846. The number of nitrogens with zero attached hydrogens (tertiary/aromatic N) is 2. The monoisotopic (exact) mass is 228 g/mol. The van der Waals surface area contributed by atoms with Gasteiger partial charge in [-0.15, -0.1) is 11.3 Å². The molecule has 1 aromatic heterocycles. The van der Waals surface area contributed by atoms with E-state index in [-0.39, 0.29) is 16.5 Å². The van der Waals surface area contributed by atoms with Crippen LogP contribution in [-0.2, 0) is 14.4 Å². The highest BCUT2D eigenvalue weighted by Gasteiger charge is 2.15. The summed E-state index contributed by atoms with van der Waals surface area (Å²) in [6, 6.07) is 0. The minimum absolute atomic E-state index is 0.186. The lowest BCUT2D eigenvalue weighted by Gasteiger charge is -1.96. The van der Waals surface area contributed by atoms with Crippen LogP contribution in [0.5, 0.6) is 0 Å². The van der Waals surface area contributed by atoms with Gasteiger partial charge in [-0.2, -0.15) is 0 Å². The van der Waals surface area contributed by atoms with Crippen molar-refractivity contribution in [2.45, 2.75) is 6.92 Å². The third kappa shape index (κ3) is 3.02. The van der Waals surface area contributed by atoms with Gasteiger partial charge in [0.05, 0.1) is 0 Å². The summed E-state index contributed by atoms with van der Waals surface area (Å²) in [5.41, 5.74) is 10.3. The van der Waals surface area contributed by atoms with Crippen LogP contribution in [0.25, 0.3) is 0 Å². The van der Waals surface area contributed by atoms with Crippen molar-refractivity contribution >= 4 is 34.1 Å². The van der Waals surface area contributed by atoms with E-state index < -0.39 is 11.9 Å². The van der Waals surface area contributed by atoms with Crippen molar-refractivity contribution in [3.05, 3.63) is 11.1 Å². The van der Waals surface area contributed by atoms with E-state index in [4.69, 9.17) is 11.5 Å². The maximum atomic E-state index is 10.9. The second-order valence-electron chi connectivity index (χ2n) is 2.46. The number of carbonyl (C=O) groups excluding carboxylic acids is 2. The maximum Gasteiger partial charge on any atom is 0.332 e. The van der Waals surface area contributed by atoms with E-state index >= 15 is 0 Å². The quantitative estimate of drug-likeness (QED) is 0.409. The summed E-state index contributed by atoms with van der Waals surface area (Å²) in [5, 5.41) is 5.04. The van der Waals surface area contributed by atoms with Gasteiger partial charge in [-0.25, -0.2) is 9.78 Å². The lowest BCUT2D eigenvalue weighted by Crippen LogP contribution is -2.25. The molecule has 0 aliphatic carbocycles. The zero-order valence-electron chi connectivity index (χ0n) is 7.76. The summed E-state index contributed by atoms with van der Waals surface area (Å²) in [5.74, 6) is -1.50. The van der Waals surface area contributed by atoms with Gasteiger partial charge < -0.3 is 16.3 Å². The molecule has 0 atom stereocenters. The normalized spacial score (nSPS) is 11.1. The van der Waals surface area contributed by atoms with Gasteiger partial charge in [0, 0.05) is 12.3 Å². The van der Waals surface area contributed by atoms with Crippen LogP contribution in [0.1, 0.15) is 12.6 Å². The Labute approximate surface area is 88.7 Å². The van der Waals surface area contributed by atoms with Crippen LogP contribution in [0, 0.1) is 0 Å². The van der Waals surface area contributed by atoms with Crippen molar-refractivity contribution in [3.63, 3.8) is 0 Å². The Hall–Kier alpha value is -1.96. The molecule has 1 amide bonds. The van der Waals surface area contributed by atoms with Gasteiger partial charge in [-0.05, 0) is 0 Å². The fourth-order valence-corrected chi connectivity index (χ4v) is 1.27. The number of anilines is 1. The predicted octanol–water partition coefficient (Wildman–Crippen LogP) is -0.522. The molecule has 1 heterocycles. The average molecular weight is 228 g/mol. The van der Waals surface area contributed by atoms with Crippen molar-refractivity contribution in [2.24, 2.45) is 10.9 Å². The molecule has 0 bridgehead atoms. The highest BCUT2D eigenvalue weighted by Crippen LogP contribution is 2.12. The standard InChI is InChI=1S/C7H8N4O3S/c1-3(12)14-11-5(6(8)13)4-2-15-7(9)10-4/h2H,1H3,(H2,8,13)(H2,9,10)/b11-5-. The van der Waals surface area contributed by atoms with Gasteiger partial charge in [-0.3, -0.25) is 4.79 Å². The predicted molar refractivity (Wildman–Crippen MR) is 54.0 cm³/mol. The molecule has 0 fully saturated rings. The molecule has 0 spiro atoms. The minimum Gasteiger partial charge on any atom is -0.375 e. The van der Waals surface area contributed by atoms with E-state index in [9.17, 15) is 9.59 Å². The number of nitrogen functional groups attached to an aromatic ring is 1. The van der Waals surface area contributed by atoms with Crippen LogP contribution >= 0.6 is 11.3 Å². The second-order valence-corrected chi connectivity index (χ2v) is 3.35. The van der Waals surface area contributed by atoms with Crippen LogP contribution in [0.15, 0.2) is 10.5 Å². The summed E-state index contributed by atoms with van der Waals surface area (Å²) in [6.07, 6.45) is 0. The molecule has 80 valence electrons. The van der Waals surface area contributed by atoms with Gasteiger partial charge in [0.1, 0.15) is 5.69 Å². The molecular weight excluding hydrogens is 220 g/mol. The van der Waals surface area contributed by atoms with Gasteiger partial charge in [0.15, 0.2) is 10.8 Å². The Morgan fingerprint density at radius 2 is 2.27 bits per heavy atom. The molecule has 0 saturated carbocycles. The fraction of sp³-hybridized carbons (Fsp3) is 0.143. The molecule has 0 aliphatic rings. The molecule has 0 aliphatic heterocycles. The Kier molecular flexibility index (Phi) is 3.34. The Balaban J connectivity index is 2.98. The average Bonchev–Trinajstić information content (AvgIpc) is 2.51. The fourth-order valence-electron chi connectivity index (χ4n) is 0.724. The van der Waals surface area contributed by atoms with Crippen LogP contribution in [-0.4, -0.2) is 22.6 Å². The Morgan fingerprint density at radius 3 is 2.67 bits per heavy atom. The van der Waals surface area contributed by atoms with Gasteiger partial charge >= 0.3 is 5.97 Å². The first-order chi connectivity index (χ1) is 7.00. The molecule has 1 aromatic rings. The number of primary amides is 1. The number of aromatic nitrogens is 1. The van der Waals surface area contributed by atoms with Crippen LogP contribution in [0.4, 0.5) is 5.13 Å². The number of carbonyl (C=O) groups is 2. The number of thiazole rings is 1. The molecule has 0 unspecified atom stereocenters. The van der Waals surface area contributed by atoms with Crippen molar-refractivity contribution in [1.82, 2.24) is 4.98 Å². The van der Waals surface area contributed by atoms with Crippen LogP contribution in [0.3, 0.4) is 0 Å². The van der Waals surface area contributed by atoms with Crippen LogP contribution in [0.2, 0.25) is 0 Å². The summed E-state index contributed by atoms with van der Waals surface area (Å²) < 4.78 is 0. The summed E-state index contributed by atoms with van der Waals surface area (Å²) in [6.45, 7) is 1.15. The van der Waals surface area contributed by atoms with Crippen molar-refractivity contribution in [3.8, 4) is 0 Å². The van der Waals surface area contributed by atoms with E-state index in [1.165, 1.54) is 5.38 Å². The third-order valence-electron chi connectivity index (χ3n) is 1.26. The lowest BCUT2D eigenvalue weighted by molar-refractivity contribution is -0.140. The van der Waals surface area contributed by atoms with E-state index in [2.05, 4.69) is 15.0 Å². The molecule has 1 rings (SSSR count). The Bertz CT molecular complexity index is 426. The zero-order chi connectivity index (χ0) is 11.4. The van der Waals surface area contributed by atoms with Crippen molar-refractivity contribution in [2.75, 3.05) is 5.73 Å². The summed E-state index contributed by atoms with van der Waals surface area (Å²) in [4.78, 5) is 29.5. The summed E-state index contributed by atoms with van der Waals surface area (Å²) in [7, 11) is 0. The number of hydrogen-bond acceptors (Lipinski definition) is 7. The number of hydrogen-bond donors (Lipinski definition) is 2. The molecule has 4 N–H and O–H groups in total. The second kappa shape index (κ2) is 4.51. The molecule has 0 aromatic carbocycles. The number of nitrogens with two attached hydrogens (primary N) is 2. The molecule has 8 heteroatoms. The van der Waals surface area contributed by atoms with Gasteiger partial charge in [0.25, 0.3) is 5.91 Å². The molecule has 0 saturated heterocycles. The van der Waals surface area contributed by atoms with Crippen molar-refractivity contribution in [1.29, 1.82) is 0 Å². The molecular formula is C7H8N4O3S. The third-order valence-corrected chi connectivity index (χ3v) is 1.94. The summed E-state index contributed by atoms with van der Waals surface area (Å²) >= 11 is 1.12. The van der Waals surface area contributed by atoms with Gasteiger partial charge in [0.2, 0.25) is 0 Å². The number of amides is 1. The van der Waals surface area contributed by atoms with E-state index in [1.807, 2.05) is 0 Å². The van der Waals surface area contributed by atoms with Crippen molar-refractivity contribution < 1.29 is 14.4 Å². The van der Waals surface area contributed by atoms with Crippen LogP contribution < -0.4 is 11.5 Å². The first-order valence-corrected chi connectivity index (χ1v) is 4.65. The molecule has 15 heavy (non-hydrogen) atoms. The number of rotatable bonds is 3. The largest absolute Gasteiger partial charge is 0.375 e. The first kappa shape index (κ1) is 11.1. The van der Waals surface area contributed by atoms with E-state index in [0.29, 0.717) is 0 Å². The van der Waals surface area contributed by atoms with E-state index in [0.717, 1.165) is 18.3 Å². The highest BCUT2D eigenvalue weighted by atomic mass is 32.1. The number of oxime groups is 1. The van der Waals surface area contributed by atoms with E-state index in [1.54, 1.807) is 0 Å². The maximum absolute atomic E-state index is 10.9. The zero-order valence-corrected chi connectivity index (χ0v) is 8.58. The molecule has 7 nitrogen and oxygen atoms in total. The topological polar surface area (TPSA) is 121 Å². The Morgan fingerprint density at radius 1 is 1.60 bits per heavy atom. The first-order valence-electron chi connectivity index (χ1n) is 3.77. The lowest BCUT2D eigenvalue weighted by atomic mass is 10.3. The van der Waals surface area contributed by atoms with Gasteiger partial charge in [-0.1, -0.05) is 5.16 Å². The highest BCUT2D eigenvalue weighted by molar-refractivity contribution is 7.13. The molecule has 0 radical (unpaired) electrons. The smallest absolute Gasteiger partial charge is 0.332 e.